The van der Waals surface area contributed by atoms with Crippen LogP contribution in [-0.4, -0.2) is 70.6 Å². The normalized spacial score (nSPS) is 15.5. The molecule has 4 rings (SSSR count). The van der Waals surface area contributed by atoms with Gasteiger partial charge in [0.05, 0.1) is 10.6 Å². The third-order valence-corrected chi connectivity index (χ3v) is 6.26. The van der Waals surface area contributed by atoms with E-state index in [1.54, 1.807) is 23.7 Å². The van der Waals surface area contributed by atoms with E-state index in [4.69, 9.17) is 4.98 Å². The number of pyridine rings is 1. The number of thiophene rings is 1. The van der Waals surface area contributed by atoms with Crippen LogP contribution in [0.3, 0.4) is 0 Å². The van der Waals surface area contributed by atoms with Gasteiger partial charge in [-0.1, -0.05) is 13.0 Å². The highest BCUT2D eigenvalue weighted by molar-refractivity contribution is 7.13. The Hall–Kier alpha value is -2.35. The Morgan fingerprint density at radius 1 is 1.07 bits per heavy atom. The van der Waals surface area contributed by atoms with E-state index in [-0.39, 0.29) is 0 Å². The highest BCUT2D eigenvalue weighted by Gasteiger charge is 2.15. The van der Waals surface area contributed by atoms with E-state index < -0.39 is 0 Å². The van der Waals surface area contributed by atoms with Gasteiger partial charge in [-0.25, -0.2) is 9.97 Å². The van der Waals surface area contributed by atoms with Crippen LogP contribution in [0.25, 0.3) is 21.7 Å². The molecule has 0 radical (unpaired) electrons. The van der Waals surface area contributed by atoms with Gasteiger partial charge in [0, 0.05) is 56.9 Å². The number of nitrogens with zero attached hydrogens (tertiary/aromatic N) is 5. The molecule has 152 valence electrons. The van der Waals surface area contributed by atoms with Crippen molar-refractivity contribution in [2.75, 3.05) is 51.1 Å². The molecule has 29 heavy (non-hydrogen) atoms. The summed E-state index contributed by atoms with van der Waals surface area (Å²) in [6, 6.07) is 8.17. The van der Waals surface area contributed by atoms with E-state index in [2.05, 4.69) is 49.5 Å². The zero-order chi connectivity index (χ0) is 19.9. The van der Waals surface area contributed by atoms with Crippen LogP contribution in [0.5, 0.6) is 0 Å². The van der Waals surface area contributed by atoms with Gasteiger partial charge in [0.25, 0.3) is 0 Å². The molecule has 1 aliphatic rings. The summed E-state index contributed by atoms with van der Waals surface area (Å²) in [7, 11) is 0. The molecule has 3 aromatic rings. The second-order valence-electron chi connectivity index (χ2n) is 7.23. The Kier molecular flexibility index (Phi) is 6.82. The average Bonchev–Trinajstić information content (AvgIpc) is 3.32. The summed E-state index contributed by atoms with van der Waals surface area (Å²) >= 11 is 1.70. The summed E-state index contributed by atoms with van der Waals surface area (Å²) in [6.07, 6.45) is 6.62. The molecule has 4 heterocycles. The van der Waals surface area contributed by atoms with Crippen LogP contribution in [0.2, 0.25) is 0 Å². The first-order chi connectivity index (χ1) is 14.3. The zero-order valence-electron chi connectivity index (χ0n) is 16.9. The van der Waals surface area contributed by atoms with Crippen LogP contribution in [0.4, 0.5) is 5.95 Å². The number of hydrogen-bond acceptors (Lipinski definition) is 7. The topological polar surface area (TPSA) is 57.2 Å². The molecule has 0 bridgehead atoms. The Labute approximate surface area is 176 Å². The second-order valence-corrected chi connectivity index (χ2v) is 8.17. The number of nitrogens with one attached hydrogen (secondary N) is 1. The van der Waals surface area contributed by atoms with Gasteiger partial charge in [0.1, 0.15) is 0 Å². The Balaban J connectivity index is 1.38. The average molecular weight is 409 g/mol. The van der Waals surface area contributed by atoms with Crippen molar-refractivity contribution in [3.63, 3.8) is 0 Å². The fourth-order valence-corrected chi connectivity index (χ4v) is 4.37. The lowest BCUT2D eigenvalue weighted by molar-refractivity contribution is 0.137. The molecule has 0 aromatic carbocycles. The van der Waals surface area contributed by atoms with Gasteiger partial charge in [0.15, 0.2) is 0 Å². The summed E-state index contributed by atoms with van der Waals surface area (Å²) in [5.41, 5.74) is 3.09. The van der Waals surface area contributed by atoms with Crippen LogP contribution in [-0.2, 0) is 0 Å². The number of likely N-dealkylation sites (N-methyl/N-ethyl adjacent to an activating group) is 1. The van der Waals surface area contributed by atoms with Gasteiger partial charge >= 0.3 is 0 Å². The minimum atomic E-state index is 0.696. The lowest BCUT2D eigenvalue weighted by Crippen LogP contribution is -2.46. The number of anilines is 1. The predicted octanol–water partition coefficient (Wildman–Crippen LogP) is 3.71. The van der Waals surface area contributed by atoms with Crippen molar-refractivity contribution in [3.05, 3.63) is 48.2 Å². The lowest BCUT2D eigenvalue weighted by atomic mass is 10.1. The van der Waals surface area contributed by atoms with E-state index in [1.807, 2.05) is 18.3 Å². The van der Waals surface area contributed by atoms with Crippen LogP contribution in [0.15, 0.2) is 48.2 Å². The number of aromatic nitrogens is 3. The number of rotatable bonds is 8. The molecule has 3 aromatic heterocycles. The van der Waals surface area contributed by atoms with E-state index in [0.29, 0.717) is 5.95 Å². The van der Waals surface area contributed by atoms with Gasteiger partial charge < -0.3 is 15.1 Å². The van der Waals surface area contributed by atoms with Crippen molar-refractivity contribution in [2.24, 2.45) is 0 Å². The lowest BCUT2D eigenvalue weighted by Gasteiger charge is -2.33. The van der Waals surface area contributed by atoms with Crippen molar-refractivity contribution in [2.45, 2.75) is 13.3 Å². The van der Waals surface area contributed by atoms with Crippen molar-refractivity contribution in [1.29, 1.82) is 0 Å². The van der Waals surface area contributed by atoms with Gasteiger partial charge in [-0.3, -0.25) is 4.98 Å². The highest BCUT2D eigenvalue weighted by Crippen LogP contribution is 2.33. The third-order valence-electron chi connectivity index (χ3n) is 5.38. The molecule has 6 nitrogen and oxygen atoms in total. The largest absolute Gasteiger partial charge is 0.354 e. The van der Waals surface area contributed by atoms with E-state index in [0.717, 1.165) is 47.8 Å². The molecule has 0 amide bonds. The molecular formula is C22H28N6S. The maximum atomic E-state index is 4.84. The molecule has 1 fully saturated rings. The Bertz CT molecular complexity index is 876. The first-order valence-electron chi connectivity index (χ1n) is 10.3. The molecule has 1 saturated heterocycles. The van der Waals surface area contributed by atoms with Gasteiger partial charge in [-0.2, -0.15) is 0 Å². The van der Waals surface area contributed by atoms with Gasteiger partial charge in [-0.15, -0.1) is 11.3 Å². The maximum Gasteiger partial charge on any atom is 0.223 e. The molecule has 1 aliphatic heterocycles. The summed E-state index contributed by atoms with van der Waals surface area (Å²) in [4.78, 5) is 19.8. The highest BCUT2D eigenvalue weighted by atomic mass is 32.1. The van der Waals surface area contributed by atoms with Gasteiger partial charge in [0.2, 0.25) is 5.95 Å². The molecular weight excluding hydrogens is 380 g/mol. The van der Waals surface area contributed by atoms with Crippen LogP contribution >= 0.6 is 11.3 Å². The van der Waals surface area contributed by atoms with Crippen molar-refractivity contribution in [1.82, 2.24) is 24.8 Å². The maximum absolute atomic E-state index is 4.84. The fraction of sp³-hybridized carbons (Fsp3) is 0.409. The van der Waals surface area contributed by atoms with Crippen LogP contribution in [0.1, 0.15) is 13.3 Å². The number of hydrogen-bond donors (Lipinski definition) is 1. The summed E-state index contributed by atoms with van der Waals surface area (Å²) in [5.74, 6) is 0.696. The molecule has 0 unspecified atom stereocenters. The monoisotopic (exact) mass is 408 g/mol. The molecule has 0 aliphatic carbocycles. The molecule has 0 saturated carbocycles. The van der Waals surface area contributed by atoms with Gasteiger partial charge in [-0.05, 0) is 48.7 Å². The first kappa shape index (κ1) is 19.9. The Morgan fingerprint density at radius 3 is 2.59 bits per heavy atom. The molecule has 1 N–H and O–H groups in total. The molecule has 0 spiro atoms. The fourth-order valence-electron chi connectivity index (χ4n) is 3.64. The SMILES string of the molecule is CCN1CCN(CCCNc2ncc(-c3ccncc3)c(-c3cccs3)n2)CC1. The minimum absolute atomic E-state index is 0.696. The van der Waals surface area contributed by atoms with E-state index >= 15 is 0 Å². The smallest absolute Gasteiger partial charge is 0.223 e. The number of piperazine rings is 1. The zero-order valence-corrected chi connectivity index (χ0v) is 17.7. The van der Waals surface area contributed by atoms with Crippen molar-refractivity contribution >= 4 is 17.3 Å². The predicted molar refractivity (Wildman–Crippen MR) is 120 cm³/mol. The Morgan fingerprint density at radius 2 is 1.86 bits per heavy atom. The minimum Gasteiger partial charge on any atom is -0.354 e. The summed E-state index contributed by atoms with van der Waals surface area (Å²) < 4.78 is 0. The quantitative estimate of drug-likeness (QED) is 0.574. The van der Waals surface area contributed by atoms with E-state index in [9.17, 15) is 0 Å². The van der Waals surface area contributed by atoms with Crippen molar-refractivity contribution < 1.29 is 0 Å². The summed E-state index contributed by atoms with van der Waals surface area (Å²) in [5, 5.41) is 5.50. The van der Waals surface area contributed by atoms with Crippen molar-refractivity contribution in [3.8, 4) is 21.7 Å². The first-order valence-corrected chi connectivity index (χ1v) is 11.2. The standard InChI is InChI=1S/C22H28N6S/c1-2-27-12-14-28(15-13-27)11-4-8-24-22-25-17-19(18-6-9-23-10-7-18)21(26-22)20-5-3-16-29-20/h3,5-7,9-10,16-17H,2,4,8,11-15H2,1H3,(H,24,25,26). The van der Waals surface area contributed by atoms with E-state index in [1.165, 1.54) is 26.2 Å². The second kappa shape index (κ2) is 9.91. The summed E-state index contributed by atoms with van der Waals surface area (Å²) in [6.45, 7) is 10.1. The third kappa shape index (κ3) is 5.18. The van der Waals surface area contributed by atoms with Crippen LogP contribution in [0, 0.1) is 0 Å². The molecule has 0 atom stereocenters. The van der Waals surface area contributed by atoms with Crippen LogP contribution < -0.4 is 5.32 Å². The molecule has 7 heteroatoms.